The Balaban J connectivity index is 1.56. The second-order valence-electron chi connectivity index (χ2n) is 4.99. The number of hydrogen-bond acceptors (Lipinski definition) is 7. The number of para-hydroxylation sites is 2. The van der Waals surface area contributed by atoms with E-state index in [0.717, 1.165) is 11.8 Å². The number of oxazole rings is 1. The van der Waals surface area contributed by atoms with Crippen molar-refractivity contribution in [1.29, 1.82) is 0 Å². The molecule has 0 radical (unpaired) electrons. The van der Waals surface area contributed by atoms with Crippen molar-refractivity contribution in [3.63, 3.8) is 0 Å². The maximum atomic E-state index is 11.8. The summed E-state index contributed by atoms with van der Waals surface area (Å²) >= 11 is 7.08. The zero-order valence-electron chi connectivity index (χ0n) is 13.1. The molecule has 0 spiro atoms. The predicted molar refractivity (Wildman–Crippen MR) is 98.6 cm³/mol. The fourth-order valence-electron chi connectivity index (χ4n) is 1.99. The number of non-ortho nitro benzene ring substituents is 1. The molecule has 3 rings (SSSR count). The van der Waals surface area contributed by atoms with Gasteiger partial charge >= 0.3 is 0 Å². The van der Waals surface area contributed by atoms with Crippen LogP contribution in [0.15, 0.2) is 57.2 Å². The molecule has 0 bridgehead atoms. The number of nitro groups is 1. The highest BCUT2D eigenvalue weighted by Gasteiger charge is 2.10. The summed E-state index contributed by atoms with van der Waals surface area (Å²) < 4.78 is 5.50. The van der Waals surface area contributed by atoms with Crippen LogP contribution in [0.5, 0.6) is 0 Å². The van der Waals surface area contributed by atoms with Gasteiger partial charge in [-0.15, -0.1) is 0 Å². The Hall–Kier alpha value is -2.91. The van der Waals surface area contributed by atoms with Crippen molar-refractivity contribution >= 4 is 52.3 Å². The minimum atomic E-state index is -0.538. The lowest BCUT2D eigenvalue weighted by molar-refractivity contribution is -0.384. The summed E-state index contributed by atoms with van der Waals surface area (Å²) in [7, 11) is 0. The number of halogens is 1. The number of nitrogens with one attached hydrogen (secondary N) is 1. The number of hydrazone groups is 1. The van der Waals surface area contributed by atoms with Crippen LogP contribution >= 0.6 is 23.4 Å². The third kappa shape index (κ3) is 4.38. The number of nitrogens with zero attached hydrogens (tertiary/aromatic N) is 3. The van der Waals surface area contributed by atoms with Crippen molar-refractivity contribution in [2.75, 3.05) is 5.75 Å². The average Bonchev–Trinajstić information content (AvgIpc) is 3.04. The predicted octanol–water partition coefficient (Wildman–Crippen LogP) is 3.63. The average molecular weight is 391 g/mol. The van der Waals surface area contributed by atoms with E-state index in [1.165, 1.54) is 24.4 Å². The molecule has 1 aromatic heterocycles. The third-order valence-corrected chi connectivity index (χ3v) is 4.36. The Morgan fingerprint density at radius 3 is 2.96 bits per heavy atom. The largest absolute Gasteiger partial charge is 0.431 e. The van der Waals surface area contributed by atoms with E-state index in [9.17, 15) is 14.9 Å². The second-order valence-corrected chi connectivity index (χ2v) is 6.33. The van der Waals surface area contributed by atoms with Gasteiger partial charge in [-0.3, -0.25) is 14.9 Å². The number of thioether (sulfide) groups is 1. The van der Waals surface area contributed by atoms with Crippen LogP contribution in [0.25, 0.3) is 11.1 Å². The molecule has 1 heterocycles. The van der Waals surface area contributed by atoms with Crippen molar-refractivity contribution in [2.45, 2.75) is 5.22 Å². The first-order chi connectivity index (χ1) is 12.5. The Bertz CT molecular complexity index is 972. The van der Waals surface area contributed by atoms with E-state index in [-0.39, 0.29) is 22.4 Å². The van der Waals surface area contributed by atoms with Gasteiger partial charge in [-0.05, 0) is 18.2 Å². The Kier molecular flexibility index (Phi) is 5.49. The molecule has 0 aliphatic heterocycles. The van der Waals surface area contributed by atoms with E-state index in [0.29, 0.717) is 21.9 Å². The van der Waals surface area contributed by atoms with Crippen LogP contribution in [0, 0.1) is 10.1 Å². The lowest BCUT2D eigenvalue weighted by atomic mass is 10.2. The molecular weight excluding hydrogens is 380 g/mol. The molecule has 2 aromatic carbocycles. The molecule has 10 heteroatoms. The smallest absolute Gasteiger partial charge is 0.270 e. The van der Waals surface area contributed by atoms with Crippen LogP contribution in [0.2, 0.25) is 5.02 Å². The van der Waals surface area contributed by atoms with Gasteiger partial charge in [-0.2, -0.15) is 5.10 Å². The van der Waals surface area contributed by atoms with Crippen molar-refractivity contribution in [3.8, 4) is 0 Å². The minimum Gasteiger partial charge on any atom is -0.431 e. The molecule has 3 aromatic rings. The van der Waals surface area contributed by atoms with E-state index in [4.69, 9.17) is 16.0 Å². The zero-order valence-corrected chi connectivity index (χ0v) is 14.7. The van der Waals surface area contributed by atoms with Crippen molar-refractivity contribution in [2.24, 2.45) is 5.10 Å². The number of carbonyl (C=O) groups excluding carboxylic acids is 1. The molecule has 0 aliphatic rings. The molecule has 1 N–H and O–H groups in total. The molecule has 8 nitrogen and oxygen atoms in total. The molecule has 0 fully saturated rings. The van der Waals surface area contributed by atoms with Crippen molar-refractivity contribution in [3.05, 3.63) is 63.2 Å². The number of benzene rings is 2. The van der Waals surface area contributed by atoms with Gasteiger partial charge in [0.1, 0.15) is 5.52 Å². The second kappa shape index (κ2) is 7.98. The maximum absolute atomic E-state index is 11.8. The van der Waals surface area contributed by atoms with E-state index in [1.807, 2.05) is 18.2 Å². The minimum absolute atomic E-state index is 0.0484. The van der Waals surface area contributed by atoms with Crippen molar-refractivity contribution in [1.82, 2.24) is 10.4 Å². The van der Waals surface area contributed by atoms with Crippen LogP contribution in [-0.2, 0) is 4.79 Å². The summed E-state index contributed by atoms with van der Waals surface area (Å²) in [5.74, 6) is -0.331. The first-order valence-corrected chi connectivity index (χ1v) is 8.63. The number of nitro benzene ring substituents is 1. The van der Waals surface area contributed by atoms with Gasteiger partial charge in [-0.1, -0.05) is 35.5 Å². The number of aromatic nitrogens is 1. The maximum Gasteiger partial charge on any atom is 0.270 e. The van der Waals surface area contributed by atoms with E-state index < -0.39 is 4.92 Å². The van der Waals surface area contributed by atoms with Gasteiger partial charge in [-0.25, -0.2) is 10.4 Å². The molecule has 0 saturated heterocycles. The highest BCUT2D eigenvalue weighted by molar-refractivity contribution is 7.99. The van der Waals surface area contributed by atoms with Gasteiger partial charge < -0.3 is 4.42 Å². The molecule has 0 atom stereocenters. The van der Waals surface area contributed by atoms with Gasteiger partial charge in [0, 0.05) is 22.7 Å². The van der Waals surface area contributed by atoms with Crippen molar-refractivity contribution < 1.29 is 14.1 Å². The number of fused-ring (bicyclic) bond motifs is 1. The fourth-order valence-corrected chi connectivity index (χ4v) is 2.79. The Morgan fingerprint density at radius 2 is 2.19 bits per heavy atom. The summed E-state index contributed by atoms with van der Waals surface area (Å²) in [5, 5.41) is 15.2. The molecule has 0 unspecified atom stereocenters. The van der Waals surface area contributed by atoms with Gasteiger partial charge in [0.05, 0.1) is 16.9 Å². The lowest BCUT2D eigenvalue weighted by Crippen LogP contribution is -2.19. The van der Waals surface area contributed by atoms with Crippen LogP contribution in [-0.4, -0.2) is 27.8 Å². The van der Waals surface area contributed by atoms with E-state index >= 15 is 0 Å². The number of amides is 1. The monoisotopic (exact) mass is 390 g/mol. The number of hydrogen-bond donors (Lipinski definition) is 1. The molecule has 1 amide bonds. The van der Waals surface area contributed by atoms with Crippen LogP contribution < -0.4 is 5.43 Å². The Morgan fingerprint density at radius 1 is 1.38 bits per heavy atom. The summed E-state index contributed by atoms with van der Waals surface area (Å²) in [5.41, 5.74) is 3.90. The highest BCUT2D eigenvalue weighted by Crippen LogP contribution is 2.23. The quantitative estimate of drug-likeness (QED) is 0.298. The SMILES string of the molecule is O=C(CSc1nc2ccccc2o1)N/N=C\c1cc([N+](=O)[O-])ccc1Cl. The van der Waals surface area contributed by atoms with Gasteiger partial charge in [0.25, 0.3) is 16.8 Å². The third-order valence-electron chi connectivity index (χ3n) is 3.18. The van der Waals surface area contributed by atoms with Gasteiger partial charge in [0.2, 0.25) is 0 Å². The normalized spacial score (nSPS) is 11.1. The Labute approximate surface area is 156 Å². The molecule has 26 heavy (non-hydrogen) atoms. The van der Waals surface area contributed by atoms with Crippen LogP contribution in [0.1, 0.15) is 5.56 Å². The standard InChI is InChI=1S/C16H11ClN4O4S/c17-12-6-5-11(21(23)24)7-10(12)8-18-20-15(22)9-26-16-19-13-3-1-2-4-14(13)25-16/h1-8H,9H2,(H,20,22)/b18-8-. The van der Waals surface area contributed by atoms with Crippen LogP contribution in [0.3, 0.4) is 0 Å². The zero-order chi connectivity index (χ0) is 18.5. The van der Waals surface area contributed by atoms with Gasteiger partial charge in [0.15, 0.2) is 5.58 Å². The topological polar surface area (TPSA) is 111 Å². The first kappa shape index (κ1) is 17.9. The molecule has 132 valence electrons. The number of carbonyl (C=O) groups is 1. The van der Waals surface area contributed by atoms with E-state index in [2.05, 4.69) is 15.5 Å². The van der Waals surface area contributed by atoms with Crippen LogP contribution in [0.4, 0.5) is 5.69 Å². The summed E-state index contributed by atoms with van der Waals surface area (Å²) in [6.45, 7) is 0. The molecular formula is C16H11ClN4O4S. The summed E-state index contributed by atoms with van der Waals surface area (Å²) in [6, 6.07) is 11.2. The molecule has 0 saturated carbocycles. The fraction of sp³-hybridized carbons (Fsp3) is 0.0625. The molecule has 0 aliphatic carbocycles. The number of rotatable bonds is 6. The lowest BCUT2D eigenvalue weighted by Gasteiger charge is -1.99. The first-order valence-electron chi connectivity index (χ1n) is 7.27. The summed E-state index contributed by atoms with van der Waals surface area (Å²) in [6.07, 6.45) is 1.25. The van der Waals surface area contributed by atoms with E-state index in [1.54, 1.807) is 6.07 Å². The summed E-state index contributed by atoms with van der Waals surface area (Å²) in [4.78, 5) is 26.3. The highest BCUT2D eigenvalue weighted by atomic mass is 35.5.